The van der Waals surface area contributed by atoms with Gasteiger partial charge in [0, 0.05) is 18.3 Å². The summed E-state index contributed by atoms with van der Waals surface area (Å²) >= 11 is 0. The fourth-order valence-electron chi connectivity index (χ4n) is 3.01. The summed E-state index contributed by atoms with van der Waals surface area (Å²) in [6, 6.07) is 16.7. The van der Waals surface area contributed by atoms with Gasteiger partial charge in [0.05, 0.1) is 17.1 Å². The topological polar surface area (TPSA) is 67.2 Å². The van der Waals surface area contributed by atoms with Crippen LogP contribution in [0.15, 0.2) is 66.7 Å². The number of nitrogens with zero attached hydrogens (tertiary/aromatic N) is 3. The number of rotatable bonds is 6. The van der Waals surface area contributed by atoms with Crippen LogP contribution in [0.4, 0.5) is 5.69 Å². The molecular formula is C22H24N4O2. The minimum Gasteiger partial charge on any atom is -0.343 e. The maximum absolute atomic E-state index is 12.9. The summed E-state index contributed by atoms with van der Waals surface area (Å²) in [4.78, 5) is 31.3. The molecule has 0 aliphatic carbocycles. The minimum absolute atomic E-state index is 0.0750. The molecule has 0 aliphatic heterocycles. The van der Waals surface area contributed by atoms with Crippen molar-refractivity contribution in [3.8, 4) is 0 Å². The third-order valence-corrected chi connectivity index (χ3v) is 4.62. The summed E-state index contributed by atoms with van der Waals surface area (Å²) in [6.07, 6.45) is 0. The van der Waals surface area contributed by atoms with E-state index in [4.69, 9.17) is 0 Å². The Morgan fingerprint density at radius 3 is 2.46 bits per heavy atom. The van der Waals surface area contributed by atoms with Crippen molar-refractivity contribution in [1.29, 1.82) is 0 Å². The Balaban J connectivity index is 1.94. The zero-order chi connectivity index (χ0) is 20.3. The summed E-state index contributed by atoms with van der Waals surface area (Å²) in [5.41, 5.74) is 2.88. The van der Waals surface area contributed by atoms with E-state index >= 15 is 0 Å². The second-order valence-electron chi connectivity index (χ2n) is 6.81. The summed E-state index contributed by atoms with van der Waals surface area (Å²) in [7, 11) is 1.75. The summed E-state index contributed by atoms with van der Waals surface area (Å²) in [5, 5.41) is 2.88. The molecule has 0 spiro atoms. The molecule has 1 unspecified atom stereocenters. The summed E-state index contributed by atoms with van der Waals surface area (Å²) in [6.45, 7) is 7.30. The van der Waals surface area contributed by atoms with Crippen LogP contribution in [-0.4, -0.2) is 28.4 Å². The van der Waals surface area contributed by atoms with Gasteiger partial charge in [0.2, 0.25) is 11.8 Å². The smallest absolute Gasteiger partial charge is 0.246 e. The lowest BCUT2D eigenvalue weighted by molar-refractivity contribution is -0.119. The van der Waals surface area contributed by atoms with Gasteiger partial charge in [-0.2, -0.15) is 0 Å². The van der Waals surface area contributed by atoms with E-state index in [1.165, 1.54) is 0 Å². The molecule has 6 heteroatoms. The zero-order valence-electron chi connectivity index (χ0n) is 16.3. The average molecular weight is 376 g/mol. The van der Waals surface area contributed by atoms with Gasteiger partial charge in [0.25, 0.3) is 0 Å². The molecule has 0 radical (unpaired) electrons. The van der Waals surface area contributed by atoms with Crippen LogP contribution in [0.2, 0.25) is 0 Å². The van der Waals surface area contributed by atoms with E-state index in [1.807, 2.05) is 66.1 Å². The van der Waals surface area contributed by atoms with Crippen LogP contribution in [0.3, 0.4) is 0 Å². The number of hydrogen-bond acceptors (Lipinski definition) is 3. The molecule has 0 bridgehead atoms. The second-order valence-corrected chi connectivity index (χ2v) is 6.81. The van der Waals surface area contributed by atoms with Gasteiger partial charge in [-0.1, -0.05) is 36.9 Å². The van der Waals surface area contributed by atoms with E-state index in [0.29, 0.717) is 11.4 Å². The number of hydrogen-bond donors (Lipinski definition) is 1. The Morgan fingerprint density at radius 1 is 1.14 bits per heavy atom. The monoisotopic (exact) mass is 376 g/mol. The molecule has 1 N–H and O–H groups in total. The average Bonchev–Trinajstić information content (AvgIpc) is 3.06. The van der Waals surface area contributed by atoms with Gasteiger partial charge in [0.15, 0.2) is 0 Å². The van der Waals surface area contributed by atoms with E-state index in [2.05, 4.69) is 16.9 Å². The molecule has 0 fully saturated rings. The predicted octanol–water partition coefficient (Wildman–Crippen LogP) is 3.45. The number of aromatic nitrogens is 2. The maximum atomic E-state index is 12.9. The fraction of sp³-hybridized carbons (Fsp3) is 0.227. The van der Waals surface area contributed by atoms with Crippen molar-refractivity contribution in [2.45, 2.75) is 26.4 Å². The molecule has 0 saturated carbocycles. The van der Waals surface area contributed by atoms with Crippen molar-refractivity contribution in [1.82, 2.24) is 14.9 Å². The minimum atomic E-state index is -0.369. The Labute approximate surface area is 164 Å². The van der Waals surface area contributed by atoms with Crippen LogP contribution >= 0.6 is 0 Å². The number of likely N-dealkylation sites (N-methyl/N-ethyl adjacent to an activating group) is 1. The van der Waals surface area contributed by atoms with Crippen LogP contribution in [0.5, 0.6) is 0 Å². The van der Waals surface area contributed by atoms with E-state index in [-0.39, 0.29) is 24.4 Å². The number of carbonyl (C=O) groups is 2. The van der Waals surface area contributed by atoms with E-state index in [1.54, 1.807) is 18.9 Å². The first kappa shape index (κ1) is 19.4. The molecule has 3 rings (SSSR count). The van der Waals surface area contributed by atoms with Gasteiger partial charge in [-0.05, 0) is 38.1 Å². The Hall–Kier alpha value is -3.41. The van der Waals surface area contributed by atoms with E-state index in [9.17, 15) is 9.59 Å². The molecule has 1 heterocycles. The third kappa shape index (κ3) is 3.96. The predicted molar refractivity (Wildman–Crippen MR) is 111 cm³/mol. The van der Waals surface area contributed by atoms with Crippen molar-refractivity contribution in [2.24, 2.45) is 0 Å². The van der Waals surface area contributed by atoms with Crippen molar-refractivity contribution in [2.75, 3.05) is 11.9 Å². The highest BCUT2D eigenvalue weighted by Gasteiger charge is 2.21. The van der Waals surface area contributed by atoms with E-state index < -0.39 is 0 Å². The number of fused-ring (bicyclic) bond motifs is 1. The molecule has 0 aliphatic rings. The summed E-state index contributed by atoms with van der Waals surface area (Å²) in [5.74, 6) is 0.318. The molecule has 6 nitrogen and oxygen atoms in total. The summed E-state index contributed by atoms with van der Waals surface area (Å²) < 4.78 is 1.86. The second kappa shape index (κ2) is 8.08. The fourth-order valence-corrected chi connectivity index (χ4v) is 3.01. The molecule has 0 saturated heterocycles. The molecule has 28 heavy (non-hydrogen) atoms. The number of nitrogens with one attached hydrogen (secondary N) is 1. The standard InChI is InChI=1S/C22H24N4O2/c1-15(2)22(28)23-16(3)21-24-18-12-8-9-13-19(18)26(21)14-20(27)25(4)17-10-6-5-7-11-17/h5-13,16H,1,14H2,2-4H3,(H,23,28). The van der Waals surface area contributed by atoms with Crippen molar-refractivity contribution >= 4 is 28.5 Å². The SMILES string of the molecule is C=C(C)C(=O)NC(C)c1nc2ccccc2n1CC(=O)N(C)c1ccccc1. The van der Waals surface area contributed by atoms with Crippen LogP contribution in [-0.2, 0) is 16.1 Å². The lowest BCUT2D eigenvalue weighted by Crippen LogP contribution is -2.33. The molecule has 2 amide bonds. The molecular weight excluding hydrogens is 352 g/mol. The number of benzene rings is 2. The Morgan fingerprint density at radius 2 is 1.79 bits per heavy atom. The number of carbonyl (C=O) groups excluding carboxylic acids is 2. The molecule has 1 aromatic heterocycles. The van der Waals surface area contributed by atoms with Gasteiger partial charge in [-0.15, -0.1) is 0 Å². The number of para-hydroxylation sites is 3. The van der Waals surface area contributed by atoms with Crippen LogP contribution < -0.4 is 10.2 Å². The number of imidazole rings is 1. The first-order chi connectivity index (χ1) is 13.4. The maximum Gasteiger partial charge on any atom is 0.246 e. The van der Waals surface area contributed by atoms with Gasteiger partial charge in [-0.25, -0.2) is 4.98 Å². The number of anilines is 1. The third-order valence-electron chi connectivity index (χ3n) is 4.62. The van der Waals surface area contributed by atoms with Crippen molar-refractivity contribution in [3.05, 3.63) is 72.6 Å². The van der Waals surface area contributed by atoms with Crippen LogP contribution in [0, 0.1) is 0 Å². The van der Waals surface area contributed by atoms with Gasteiger partial charge in [0.1, 0.15) is 12.4 Å². The first-order valence-electron chi connectivity index (χ1n) is 9.11. The van der Waals surface area contributed by atoms with Gasteiger partial charge >= 0.3 is 0 Å². The Kier molecular flexibility index (Phi) is 5.59. The van der Waals surface area contributed by atoms with Gasteiger partial charge < -0.3 is 14.8 Å². The lowest BCUT2D eigenvalue weighted by Gasteiger charge is -2.20. The molecule has 1 atom stereocenters. The lowest BCUT2D eigenvalue weighted by atomic mass is 10.2. The highest BCUT2D eigenvalue weighted by Crippen LogP contribution is 2.22. The zero-order valence-corrected chi connectivity index (χ0v) is 16.3. The first-order valence-corrected chi connectivity index (χ1v) is 9.11. The van der Waals surface area contributed by atoms with Crippen LogP contribution in [0.25, 0.3) is 11.0 Å². The quantitative estimate of drug-likeness (QED) is 0.670. The number of amides is 2. The highest BCUT2D eigenvalue weighted by atomic mass is 16.2. The highest BCUT2D eigenvalue weighted by molar-refractivity contribution is 5.94. The van der Waals surface area contributed by atoms with Crippen LogP contribution in [0.1, 0.15) is 25.7 Å². The Bertz CT molecular complexity index is 1020. The largest absolute Gasteiger partial charge is 0.343 e. The van der Waals surface area contributed by atoms with Gasteiger partial charge in [-0.3, -0.25) is 9.59 Å². The molecule has 2 aromatic carbocycles. The van der Waals surface area contributed by atoms with Crippen molar-refractivity contribution in [3.63, 3.8) is 0 Å². The molecule has 3 aromatic rings. The normalized spacial score (nSPS) is 11.8. The molecule has 144 valence electrons. The van der Waals surface area contributed by atoms with Crippen molar-refractivity contribution < 1.29 is 9.59 Å². The van der Waals surface area contributed by atoms with E-state index in [0.717, 1.165) is 16.7 Å².